The standard InChI is InChI=1S/C14H14BrNO2/c1-8-6-11-4-5-12(15)7-13(11)16-14(8)9(2)18-10(3)17/h4-7,9H,1-3H3. The highest BCUT2D eigenvalue weighted by atomic mass is 79.9. The van der Waals surface area contributed by atoms with Gasteiger partial charge >= 0.3 is 5.97 Å². The predicted octanol–water partition coefficient (Wildman–Crippen LogP) is 3.93. The Kier molecular flexibility index (Phi) is 3.66. The number of carbonyl (C=O) groups is 1. The number of carbonyl (C=O) groups excluding carboxylic acids is 1. The minimum atomic E-state index is -0.328. The van der Waals surface area contributed by atoms with Gasteiger partial charge in [-0.3, -0.25) is 4.79 Å². The summed E-state index contributed by atoms with van der Waals surface area (Å²) in [7, 11) is 0. The number of benzene rings is 1. The average molecular weight is 308 g/mol. The Labute approximate surface area is 114 Å². The zero-order valence-electron chi connectivity index (χ0n) is 10.5. The highest BCUT2D eigenvalue weighted by Gasteiger charge is 2.14. The molecule has 0 N–H and O–H groups in total. The number of hydrogen-bond acceptors (Lipinski definition) is 3. The number of aromatic nitrogens is 1. The van der Waals surface area contributed by atoms with Crippen LogP contribution >= 0.6 is 15.9 Å². The molecule has 0 radical (unpaired) electrons. The van der Waals surface area contributed by atoms with Crippen molar-refractivity contribution in [1.29, 1.82) is 0 Å². The second-order valence-electron chi connectivity index (χ2n) is 4.28. The van der Waals surface area contributed by atoms with E-state index in [9.17, 15) is 4.79 Å². The number of ether oxygens (including phenoxy) is 1. The van der Waals surface area contributed by atoms with Crippen molar-refractivity contribution in [2.45, 2.75) is 26.9 Å². The SMILES string of the molecule is CC(=O)OC(C)c1nc2cc(Br)ccc2cc1C. The summed E-state index contributed by atoms with van der Waals surface area (Å²) in [5.74, 6) is -0.293. The van der Waals surface area contributed by atoms with Crippen molar-refractivity contribution >= 4 is 32.8 Å². The zero-order chi connectivity index (χ0) is 13.3. The van der Waals surface area contributed by atoms with Gasteiger partial charge in [-0.1, -0.05) is 22.0 Å². The summed E-state index contributed by atoms with van der Waals surface area (Å²) < 4.78 is 6.17. The van der Waals surface area contributed by atoms with Crippen molar-refractivity contribution in [3.05, 3.63) is 40.0 Å². The van der Waals surface area contributed by atoms with E-state index in [1.165, 1.54) is 6.92 Å². The highest BCUT2D eigenvalue weighted by molar-refractivity contribution is 9.10. The maximum Gasteiger partial charge on any atom is 0.303 e. The number of halogens is 1. The van der Waals surface area contributed by atoms with Crippen LogP contribution in [0.3, 0.4) is 0 Å². The van der Waals surface area contributed by atoms with Gasteiger partial charge in [-0.25, -0.2) is 4.98 Å². The van der Waals surface area contributed by atoms with Crippen molar-refractivity contribution < 1.29 is 9.53 Å². The molecular weight excluding hydrogens is 294 g/mol. The molecule has 0 saturated carbocycles. The molecule has 0 amide bonds. The summed E-state index contributed by atoms with van der Waals surface area (Å²) in [4.78, 5) is 15.6. The summed E-state index contributed by atoms with van der Waals surface area (Å²) in [6.45, 7) is 5.22. The molecule has 0 bridgehead atoms. The van der Waals surface area contributed by atoms with Gasteiger partial charge in [0.1, 0.15) is 6.10 Å². The first kappa shape index (κ1) is 13.0. The fourth-order valence-corrected chi connectivity index (χ4v) is 2.33. The molecule has 1 heterocycles. The van der Waals surface area contributed by atoms with E-state index in [-0.39, 0.29) is 12.1 Å². The van der Waals surface area contributed by atoms with E-state index in [0.29, 0.717) is 0 Å². The summed E-state index contributed by atoms with van der Waals surface area (Å²) in [5.41, 5.74) is 2.72. The van der Waals surface area contributed by atoms with Crippen LogP contribution < -0.4 is 0 Å². The minimum absolute atomic E-state index is 0.293. The van der Waals surface area contributed by atoms with Crippen LogP contribution in [0.2, 0.25) is 0 Å². The minimum Gasteiger partial charge on any atom is -0.456 e. The molecule has 0 spiro atoms. The number of nitrogens with zero attached hydrogens (tertiary/aromatic N) is 1. The molecule has 2 aromatic rings. The number of rotatable bonds is 2. The van der Waals surface area contributed by atoms with E-state index in [0.717, 1.165) is 26.6 Å². The van der Waals surface area contributed by atoms with Crippen molar-refractivity contribution in [3.63, 3.8) is 0 Å². The van der Waals surface area contributed by atoms with Gasteiger partial charge in [-0.2, -0.15) is 0 Å². The van der Waals surface area contributed by atoms with E-state index in [1.807, 2.05) is 32.0 Å². The number of aryl methyl sites for hydroxylation is 1. The van der Waals surface area contributed by atoms with Crippen LogP contribution in [0.4, 0.5) is 0 Å². The lowest BCUT2D eigenvalue weighted by molar-refractivity contribution is -0.146. The van der Waals surface area contributed by atoms with Gasteiger partial charge < -0.3 is 4.74 Å². The first-order chi connectivity index (χ1) is 8.47. The van der Waals surface area contributed by atoms with Gasteiger partial charge in [-0.15, -0.1) is 0 Å². The van der Waals surface area contributed by atoms with E-state index >= 15 is 0 Å². The Morgan fingerprint density at radius 3 is 2.78 bits per heavy atom. The second kappa shape index (κ2) is 5.06. The lowest BCUT2D eigenvalue weighted by atomic mass is 10.1. The van der Waals surface area contributed by atoms with Crippen LogP contribution in [0.1, 0.15) is 31.2 Å². The summed E-state index contributed by atoms with van der Waals surface area (Å²) in [6.07, 6.45) is -0.328. The summed E-state index contributed by atoms with van der Waals surface area (Å²) in [5, 5.41) is 1.08. The third-order valence-electron chi connectivity index (χ3n) is 2.74. The average Bonchev–Trinajstić information content (AvgIpc) is 2.27. The highest BCUT2D eigenvalue weighted by Crippen LogP contribution is 2.25. The topological polar surface area (TPSA) is 39.2 Å². The van der Waals surface area contributed by atoms with Crippen molar-refractivity contribution in [2.24, 2.45) is 0 Å². The van der Waals surface area contributed by atoms with Gasteiger partial charge in [0.05, 0.1) is 11.2 Å². The Hall–Kier alpha value is -1.42. The Morgan fingerprint density at radius 2 is 2.11 bits per heavy atom. The molecule has 0 aliphatic carbocycles. The third-order valence-corrected chi connectivity index (χ3v) is 3.23. The molecule has 3 nitrogen and oxygen atoms in total. The molecule has 4 heteroatoms. The molecule has 1 aromatic heterocycles. The second-order valence-corrected chi connectivity index (χ2v) is 5.19. The maximum absolute atomic E-state index is 11.0. The Balaban J connectivity index is 2.50. The number of fused-ring (bicyclic) bond motifs is 1. The van der Waals surface area contributed by atoms with E-state index in [4.69, 9.17) is 4.74 Å². The molecule has 0 fully saturated rings. The van der Waals surface area contributed by atoms with Crippen molar-refractivity contribution in [3.8, 4) is 0 Å². The molecule has 1 atom stereocenters. The number of hydrogen-bond donors (Lipinski definition) is 0. The maximum atomic E-state index is 11.0. The Morgan fingerprint density at radius 1 is 1.39 bits per heavy atom. The number of pyridine rings is 1. The summed E-state index contributed by atoms with van der Waals surface area (Å²) in [6, 6.07) is 8.02. The smallest absolute Gasteiger partial charge is 0.303 e. The van der Waals surface area contributed by atoms with E-state index in [1.54, 1.807) is 0 Å². The molecule has 1 unspecified atom stereocenters. The molecule has 1 aromatic carbocycles. The van der Waals surface area contributed by atoms with E-state index in [2.05, 4.69) is 27.0 Å². The predicted molar refractivity (Wildman–Crippen MR) is 74.4 cm³/mol. The van der Waals surface area contributed by atoms with Gasteiger partial charge in [0.15, 0.2) is 0 Å². The van der Waals surface area contributed by atoms with Crippen LogP contribution in [0, 0.1) is 6.92 Å². The largest absolute Gasteiger partial charge is 0.456 e. The normalized spacial score (nSPS) is 12.4. The molecule has 2 rings (SSSR count). The lowest BCUT2D eigenvalue weighted by Crippen LogP contribution is -2.08. The zero-order valence-corrected chi connectivity index (χ0v) is 12.1. The van der Waals surface area contributed by atoms with Crippen LogP contribution in [0.25, 0.3) is 10.9 Å². The first-order valence-corrected chi connectivity index (χ1v) is 6.50. The molecule has 94 valence electrons. The molecule has 0 saturated heterocycles. The van der Waals surface area contributed by atoms with Crippen LogP contribution in [-0.2, 0) is 9.53 Å². The van der Waals surface area contributed by atoms with Gasteiger partial charge in [-0.05, 0) is 37.6 Å². The number of esters is 1. The first-order valence-electron chi connectivity index (χ1n) is 5.71. The van der Waals surface area contributed by atoms with Gasteiger partial charge in [0.25, 0.3) is 0 Å². The lowest BCUT2D eigenvalue weighted by Gasteiger charge is -2.14. The van der Waals surface area contributed by atoms with Gasteiger partial charge in [0.2, 0.25) is 0 Å². The fraction of sp³-hybridized carbons (Fsp3) is 0.286. The molecule has 0 aliphatic heterocycles. The molecular formula is C14H14BrNO2. The van der Waals surface area contributed by atoms with Crippen LogP contribution in [0.15, 0.2) is 28.7 Å². The molecule has 0 aliphatic rings. The fourth-order valence-electron chi connectivity index (χ4n) is 1.98. The van der Waals surface area contributed by atoms with Crippen LogP contribution in [0.5, 0.6) is 0 Å². The monoisotopic (exact) mass is 307 g/mol. The van der Waals surface area contributed by atoms with Gasteiger partial charge in [0, 0.05) is 16.8 Å². The van der Waals surface area contributed by atoms with E-state index < -0.39 is 0 Å². The Bertz CT molecular complexity index is 610. The quantitative estimate of drug-likeness (QED) is 0.789. The van der Waals surface area contributed by atoms with Crippen molar-refractivity contribution in [1.82, 2.24) is 4.98 Å². The molecule has 18 heavy (non-hydrogen) atoms. The van der Waals surface area contributed by atoms with Crippen LogP contribution in [-0.4, -0.2) is 11.0 Å². The summed E-state index contributed by atoms with van der Waals surface area (Å²) >= 11 is 3.43. The van der Waals surface area contributed by atoms with Crippen molar-refractivity contribution in [2.75, 3.05) is 0 Å². The third kappa shape index (κ3) is 2.70.